The minimum Gasteiger partial charge on any atom is -0.396 e. The van der Waals surface area contributed by atoms with Gasteiger partial charge < -0.3 is 5.11 Å². The summed E-state index contributed by atoms with van der Waals surface area (Å²) in [5.74, 6) is 0.227. The van der Waals surface area contributed by atoms with Gasteiger partial charge in [-0.1, -0.05) is 19.3 Å². The summed E-state index contributed by atoms with van der Waals surface area (Å²) in [7, 11) is -2.96. The van der Waals surface area contributed by atoms with Crippen molar-refractivity contribution in [1.82, 2.24) is 0 Å². The lowest BCUT2D eigenvalue weighted by atomic mass is 9.73. The summed E-state index contributed by atoms with van der Waals surface area (Å²) < 4.78 is 23.5. The van der Waals surface area contributed by atoms with E-state index in [1.54, 1.807) is 13.8 Å². The summed E-state index contributed by atoms with van der Waals surface area (Å²) in [6.07, 6.45) is 6.07. The molecule has 0 heterocycles. The largest absolute Gasteiger partial charge is 0.396 e. The minimum absolute atomic E-state index is 0.111. The summed E-state index contributed by atoms with van der Waals surface area (Å²) in [4.78, 5) is 0. The normalized spacial score (nSPS) is 21.2. The van der Waals surface area contributed by atoms with E-state index in [1.807, 2.05) is 0 Å². The van der Waals surface area contributed by atoms with Crippen molar-refractivity contribution in [3.8, 4) is 0 Å². The lowest BCUT2D eigenvalue weighted by Gasteiger charge is -2.35. The first-order valence-corrected chi connectivity index (χ1v) is 7.96. The lowest BCUT2D eigenvalue weighted by molar-refractivity contribution is 0.0790. The quantitative estimate of drug-likeness (QED) is 0.811. The fraction of sp³-hybridized carbons (Fsp3) is 1.00. The highest BCUT2D eigenvalue weighted by molar-refractivity contribution is 7.91. The zero-order chi connectivity index (χ0) is 12.2. The third kappa shape index (κ3) is 3.45. The molecule has 0 bridgehead atoms. The highest BCUT2D eigenvalue weighted by Gasteiger charge is 2.33. The van der Waals surface area contributed by atoms with Gasteiger partial charge in [0.25, 0.3) is 0 Å². The van der Waals surface area contributed by atoms with Crippen LogP contribution in [0.5, 0.6) is 0 Å². The fourth-order valence-corrected chi connectivity index (χ4v) is 3.57. The molecule has 1 fully saturated rings. The Labute approximate surface area is 99.2 Å². The standard InChI is InChI=1S/C12H24O3S/c1-11(2)16(14,15)9-8-12(10-13)6-4-3-5-7-12/h11,13H,3-10H2,1-2H3. The molecule has 0 spiro atoms. The molecule has 1 rings (SSSR count). The van der Waals surface area contributed by atoms with E-state index in [2.05, 4.69) is 0 Å². The van der Waals surface area contributed by atoms with Crippen molar-refractivity contribution in [2.45, 2.75) is 57.6 Å². The van der Waals surface area contributed by atoms with Crippen LogP contribution in [0.3, 0.4) is 0 Å². The van der Waals surface area contributed by atoms with Crippen LogP contribution in [-0.4, -0.2) is 31.1 Å². The van der Waals surface area contributed by atoms with Crippen molar-refractivity contribution in [3.05, 3.63) is 0 Å². The van der Waals surface area contributed by atoms with Crippen LogP contribution in [0.15, 0.2) is 0 Å². The lowest BCUT2D eigenvalue weighted by Crippen LogP contribution is -2.32. The molecular weight excluding hydrogens is 224 g/mol. The molecule has 0 aromatic heterocycles. The highest BCUT2D eigenvalue weighted by Crippen LogP contribution is 2.39. The van der Waals surface area contributed by atoms with Gasteiger partial charge in [-0.15, -0.1) is 0 Å². The summed E-state index contributed by atoms with van der Waals surface area (Å²) in [6, 6.07) is 0. The fourth-order valence-electron chi connectivity index (χ4n) is 2.38. The minimum atomic E-state index is -2.96. The van der Waals surface area contributed by atoms with Crippen LogP contribution >= 0.6 is 0 Å². The molecule has 0 saturated heterocycles. The number of rotatable bonds is 5. The molecular formula is C12H24O3S. The van der Waals surface area contributed by atoms with Gasteiger partial charge in [-0.2, -0.15) is 0 Å². The van der Waals surface area contributed by atoms with Crippen LogP contribution < -0.4 is 0 Å². The van der Waals surface area contributed by atoms with Gasteiger partial charge in [-0.3, -0.25) is 0 Å². The summed E-state index contributed by atoms with van der Waals surface area (Å²) >= 11 is 0. The molecule has 1 N–H and O–H groups in total. The summed E-state index contributed by atoms with van der Waals surface area (Å²) in [5, 5.41) is 9.18. The topological polar surface area (TPSA) is 54.4 Å². The monoisotopic (exact) mass is 248 g/mol. The Morgan fingerprint density at radius 3 is 2.19 bits per heavy atom. The predicted octanol–water partition coefficient (Wildman–Crippen LogP) is 2.14. The number of aliphatic hydroxyl groups excluding tert-OH is 1. The third-order valence-electron chi connectivity index (χ3n) is 3.88. The van der Waals surface area contributed by atoms with Crippen LogP contribution in [0.1, 0.15) is 52.4 Å². The van der Waals surface area contributed by atoms with Crippen molar-refractivity contribution >= 4 is 9.84 Å². The first kappa shape index (κ1) is 14.0. The average Bonchev–Trinajstić information content (AvgIpc) is 2.28. The van der Waals surface area contributed by atoms with Gasteiger partial charge in [0, 0.05) is 6.61 Å². The molecule has 0 radical (unpaired) electrons. The highest BCUT2D eigenvalue weighted by atomic mass is 32.2. The maximum Gasteiger partial charge on any atom is 0.152 e. The first-order valence-electron chi connectivity index (χ1n) is 6.24. The predicted molar refractivity (Wildman–Crippen MR) is 66.1 cm³/mol. The maximum atomic E-state index is 11.7. The summed E-state index contributed by atoms with van der Waals surface area (Å²) in [5.41, 5.74) is -0.111. The van der Waals surface area contributed by atoms with E-state index in [4.69, 9.17) is 0 Å². The van der Waals surface area contributed by atoms with Gasteiger partial charge in [0.05, 0.1) is 11.0 Å². The van der Waals surface area contributed by atoms with Gasteiger partial charge in [0.1, 0.15) is 0 Å². The second-order valence-electron chi connectivity index (χ2n) is 5.38. The molecule has 4 heteroatoms. The van der Waals surface area contributed by atoms with E-state index >= 15 is 0 Å². The molecule has 0 aromatic rings. The second kappa shape index (κ2) is 5.50. The zero-order valence-electron chi connectivity index (χ0n) is 10.4. The number of hydrogen-bond acceptors (Lipinski definition) is 3. The number of hydrogen-bond donors (Lipinski definition) is 1. The smallest absolute Gasteiger partial charge is 0.152 e. The average molecular weight is 248 g/mol. The van der Waals surface area contributed by atoms with Crippen molar-refractivity contribution in [2.24, 2.45) is 5.41 Å². The SMILES string of the molecule is CC(C)S(=O)(=O)CCC1(CO)CCCCC1. The van der Waals surface area contributed by atoms with Crippen molar-refractivity contribution in [1.29, 1.82) is 0 Å². The second-order valence-corrected chi connectivity index (χ2v) is 8.06. The Kier molecular flexibility index (Phi) is 4.80. The maximum absolute atomic E-state index is 11.7. The van der Waals surface area contributed by atoms with Crippen LogP contribution in [0.4, 0.5) is 0 Å². The van der Waals surface area contributed by atoms with E-state index in [-0.39, 0.29) is 23.0 Å². The Morgan fingerprint density at radius 2 is 1.75 bits per heavy atom. The molecule has 3 nitrogen and oxygen atoms in total. The molecule has 96 valence electrons. The zero-order valence-corrected chi connectivity index (χ0v) is 11.2. The summed E-state index contributed by atoms with van der Waals surface area (Å²) in [6.45, 7) is 3.59. The van der Waals surface area contributed by atoms with Crippen LogP contribution in [-0.2, 0) is 9.84 Å². The molecule has 16 heavy (non-hydrogen) atoms. The van der Waals surface area contributed by atoms with Crippen LogP contribution in [0, 0.1) is 5.41 Å². The molecule has 1 saturated carbocycles. The van der Waals surface area contributed by atoms with Gasteiger partial charge in [-0.05, 0) is 38.5 Å². The van der Waals surface area contributed by atoms with E-state index in [9.17, 15) is 13.5 Å². The Hall–Kier alpha value is -0.0900. The van der Waals surface area contributed by atoms with Gasteiger partial charge in [-0.25, -0.2) is 8.42 Å². The molecule has 0 aliphatic heterocycles. The van der Waals surface area contributed by atoms with Gasteiger partial charge in [0.2, 0.25) is 0 Å². The molecule has 0 atom stereocenters. The first-order chi connectivity index (χ1) is 7.42. The molecule has 0 aromatic carbocycles. The Morgan fingerprint density at radius 1 is 1.19 bits per heavy atom. The molecule has 1 aliphatic rings. The third-order valence-corrected chi connectivity index (χ3v) is 6.09. The molecule has 0 unspecified atom stereocenters. The Balaban J connectivity index is 2.58. The van der Waals surface area contributed by atoms with E-state index in [0.717, 1.165) is 25.7 Å². The number of aliphatic hydroxyl groups is 1. The van der Waals surface area contributed by atoms with Crippen molar-refractivity contribution < 1.29 is 13.5 Å². The van der Waals surface area contributed by atoms with Gasteiger partial charge in [0.15, 0.2) is 9.84 Å². The van der Waals surface area contributed by atoms with Gasteiger partial charge >= 0.3 is 0 Å². The van der Waals surface area contributed by atoms with Crippen molar-refractivity contribution in [2.75, 3.05) is 12.4 Å². The number of sulfone groups is 1. The van der Waals surface area contributed by atoms with E-state index < -0.39 is 9.84 Å². The van der Waals surface area contributed by atoms with Crippen molar-refractivity contribution in [3.63, 3.8) is 0 Å². The molecule has 1 aliphatic carbocycles. The van der Waals surface area contributed by atoms with Crippen LogP contribution in [0.25, 0.3) is 0 Å². The van der Waals surface area contributed by atoms with E-state index in [0.29, 0.717) is 6.42 Å². The Bertz CT molecular complexity index is 300. The van der Waals surface area contributed by atoms with Crippen LogP contribution in [0.2, 0.25) is 0 Å². The van der Waals surface area contributed by atoms with E-state index in [1.165, 1.54) is 6.42 Å². The molecule has 0 amide bonds.